The number of nitrogens with one attached hydrogen (secondary N) is 1. The summed E-state index contributed by atoms with van der Waals surface area (Å²) >= 11 is 0. The third kappa shape index (κ3) is 4.71. The predicted octanol–water partition coefficient (Wildman–Crippen LogP) is 3.42. The highest BCUT2D eigenvalue weighted by atomic mass is 32.2. The van der Waals surface area contributed by atoms with Gasteiger partial charge >= 0.3 is 0 Å². The van der Waals surface area contributed by atoms with Crippen LogP contribution < -0.4 is 9.46 Å². The molecule has 0 radical (unpaired) electrons. The van der Waals surface area contributed by atoms with Gasteiger partial charge in [-0.2, -0.15) is 0 Å². The van der Waals surface area contributed by atoms with Crippen molar-refractivity contribution in [3.05, 3.63) is 54.1 Å². The van der Waals surface area contributed by atoms with Gasteiger partial charge in [-0.1, -0.05) is 18.2 Å². The second-order valence-electron chi connectivity index (χ2n) is 4.80. The van der Waals surface area contributed by atoms with E-state index in [0.29, 0.717) is 31.3 Å². The topological polar surface area (TPSA) is 64.6 Å². The fourth-order valence-corrected chi connectivity index (χ4v) is 3.14. The van der Waals surface area contributed by atoms with E-state index in [1.165, 1.54) is 12.1 Å². The molecule has 0 unspecified atom stereocenters. The summed E-state index contributed by atoms with van der Waals surface area (Å²) < 4.78 is 38.3. The smallest absolute Gasteiger partial charge is 0.261 e. The van der Waals surface area contributed by atoms with Crippen molar-refractivity contribution >= 4 is 15.7 Å². The first-order chi connectivity index (χ1) is 11.1. The molecule has 1 N–H and O–H groups in total. The van der Waals surface area contributed by atoms with E-state index in [0.717, 1.165) is 5.56 Å². The number of benzene rings is 2. The van der Waals surface area contributed by atoms with Crippen LogP contribution in [0.15, 0.2) is 53.4 Å². The Kier molecular flexibility index (Phi) is 6.01. The lowest BCUT2D eigenvalue weighted by atomic mass is 10.2. The molecular formula is C17H21NO4S. The van der Waals surface area contributed by atoms with Crippen LogP contribution in [0.2, 0.25) is 0 Å². The first-order valence-corrected chi connectivity index (χ1v) is 8.96. The predicted molar refractivity (Wildman–Crippen MR) is 90.2 cm³/mol. The highest BCUT2D eigenvalue weighted by Gasteiger charge is 2.16. The van der Waals surface area contributed by atoms with Crippen LogP contribution in [0.1, 0.15) is 19.4 Å². The fourth-order valence-electron chi connectivity index (χ4n) is 2.04. The number of rotatable bonds is 8. The summed E-state index contributed by atoms with van der Waals surface area (Å²) in [6, 6.07) is 13.5. The molecule has 0 amide bonds. The van der Waals surface area contributed by atoms with Crippen LogP contribution in [0.3, 0.4) is 0 Å². The van der Waals surface area contributed by atoms with Gasteiger partial charge in [0.15, 0.2) is 0 Å². The molecule has 0 spiro atoms. The van der Waals surface area contributed by atoms with Gasteiger partial charge in [0.25, 0.3) is 10.0 Å². The Morgan fingerprint density at radius 3 is 2.30 bits per heavy atom. The molecule has 2 aromatic rings. The average Bonchev–Trinajstić information content (AvgIpc) is 2.54. The van der Waals surface area contributed by atoms with Gasteiger partial charge in [-0.3, -0.25) is 4.72 Å². The molecule has 2 aromatic carbocycles. The fraction of sp³-hybridized carbons (Fsp3) is 0.294. The third-order valence-electron chi connectivity index (χ3n) is 3.17. The standard InChI is InChI=1S/C17H21NO4S/c1-3-21-13-14-7-5-6-8-17(14)18-23(19,20)16-11-9-15(10-12-16)22-4-2/h5-12,18H,3-4,13H2,1-2H3. The number of ether oxygens (including phenoxy) is 2. The van der Waals surface area contributed by atoms with Gasteiger partial charge in [-0.25, -0.2) is 8.42 Å². The Labute approximate surface area is 137 Å². The molecule has 2 rings (SSSR count). The van der Waals surface area contributed by atoms with E-state index in [2.05, 4.69) is 4.72 Å². The van der Waals surface area contributed by atoms with Gasteiger partial charge in [0, 0.05) is 12.2 Å². The molecule has 5 nitrogen and oxygen atoms in total. The molecule has 0 saturated carbocycles. The minimum atomic E-state index is -3.65. The zero-order valence-electron chi connectivity index (χ0n) is 13.3. The van der Waals surface area contributed by atoms with E-state index < -0.39 is 10.0 Å². The molecule has 124 valence electrons. The summed E-state index contributed by atoms with van der Waals surface area (Å²) in [6.07, 6.45) is 0. The van der Waals surface area contributed by atoms with Crippen molar-refractivity contribution in [2.24, 2.45) is 0 Å². The minimum Gasteiger partial charge on any atom is -0.494 e. The zero-order valence-corrected chi connectivity index (χ0v) is 14.1. The Balaban J connectivity index is 2.21. The van der Waals surface area contributed by atoms with Crippen molar-refractivity contribution in [2.45, 2.75) is 25.3 Å². The lowest BCUT2D eigenvalue weighted by Crippen LogP contribution is -2.14. The van der Waals surface area contributed by atoms with E-state index in [1.54, 1.807) is 24.3 Å². The largest absolute Gasteiger partial charge is 0.494 e. The molecule has 0 heterocycles. The second-order valence-corrected chi connectivity index (χ2v) is 6.49. The van der Waals surface area contributed by atoms with Gasteiger partial charge < -0.3 is 9.47 Å². The summed E-state index contributed by atoms with van der Waals surface area (Å²) in [5, 5.41) is 0. The Hall–Kier alpha value is -2.05. The molecular weight excluding hydrogens is 314 g/mol. The van der Waals surface area contributed by atoms with Crippen molar-refractivity contribution in [2.75, 3.05) is 17.9 Å². The quantitative estimate of drug-likeness (QED) is 0.803. The number of hydrogen-bond acceptors (Lipinski definition) is 4. The summed E-state index contributed by atoms with van der Waals surface area (Å²) in [6.45, 7) is 5.24. The van der Waals surface area contributed by atoms with Crippen molar-refractivity contribution in [1.29, 1.82) is 0 Å². The first kappa shape index (κ1) is 17.3. The summed E-state index contributed by atoms with van der Waals surface area (Å²) in [5.41, 5.74) is 1.32. The monoisotopic (exact) mass is 335 g/mol. The highest BCUT2D eigenvalue weighted by Crippen LogP contribution is 2.22. The normalized spacial score (nSPS) is 11.2. The van der Waals surface area contributed by atoms with Crippen LogP contribution in [0, 0.1) is 0 Å². The maximum absolute atomic E-state index is 12.5. The molecule has 0 aliphatic carbocycles. The maximum atomic E-state index is 12.5. The number of sulfonamides is 1. The van der Waals surface area contributed by atoms with Gasteiger partial charge in [0.1, 0.15) is 5.75 Å². The van der Waals surface area contributed by atoms with Crippen LogP contribution in [-0.2, 0) is 21.4 Å². The summed E-state index contributed by atoms with van der Waals surface area (Å²) in [7, 11) is -3.65. The Morgan fingerprint density at radius 2 is 1.65 bits per heavy atom. The van der Waals surface area contributed by atoms with E-state index >= 15 is 0 Å². The van der Waals surface area contributed by atoms with Crippen LogP contribution in [0.25, 0.3) is 0 Å². The number of hydrogen-bond donors (Lipinski definition) is 1. The van der Waals surface area contributed by atoms with Crippen molar-refractivity contribution in [1.82, 2.24) is 0 Å². The molecule has 6 heteroatoms. The number of para-hydroxylation sites is 1. The van der Waals surface area contributed by atoms with E-state index in [1.807, 2.05) is 26.0 Å². The molecule has 0 fully saturated rings. The molecule has 0 saturated heterocycles. The van der Waals surface area contributed by atoms with Crippen molar-refractivity contribution in [3.63, 3.8) is 0 Å². The van der Waals surface area contributed by atoms with Gasteiger partial charge in [0.2, 0.25) is 0 Å². The van der Waals surface area contributed by atoms with Crippen LogP contribution in [0.5, 0.6) is 5.75 Å². The Morgan fingerprint density at radius 1 is 0.957 bits per heavy atom. The summed E-state index contributed by atoms with van der Waals surface area (Å²) in [5.74, 6) is 0.642. The van der Waals surface area contributed by atoms with Gasteiger partial charge in [-0.05, 0) is 44.2 Å². The molecule has 0 atom stereocenters. The number of anilines is 1. The van der Waals surface area contributed by atoms with Crippen molar-refractivity contribution < 1.29 is 17.9 Å². The van der Waals surface area contributed by atoms with Gasteiger partial charge in [0.05, 0.1) is 23.8 Å². The molecule has 0 aromatic heterocycles. The first-order valence-electron chi connectivity index (χ1n) is 7.48. The Bertz CT molecular complexity index is 727. The molecule has 0 bridgehead atoms. The van der Waals surface area contributed by atoms with E-state index in [9.17, 15) is 8.42 Å². The average molecular weight is 335 g/mol. The van der Waals surface area contributed by atoms with Crippen LogP contribution >= 0.6 is 0 Å². The summed E-state index contributed by atoms with van der Waals surface area (Å²) in [4.78, 5) is 0.187. The SMILES string of the molecule is CCOCc1ccccc1NS(=O)(=O)c1ccc(OCC)cc1. The van der Waals surface area contributed by atoms with Crippen LogP contribution in [0.4, 0.5) is 5.69 Å². The van der Waals surface area contributed by atoms with Gasteiger partial charge in [-0.15, -0.1) is 0 Å². The molecule has 0 aliphatic rings. The lowest BCUT2D eigenvalue weighted by molar-refractivity contribution is 0.134. The second kappa shape index (κ2) is 7.99. The molecule has 23 heavy (non-hydrogen) atoms. The maximum Gasteiger partial charge on any atom is 0.261 e. The highest BCUT2D eigenvalue weighted by molar-refractivity contribution is 7.92. The third-order valence-corrected chi connectivity index (χ3v) is 4.55. The van der Waals surface area contributed by atoms with E-state index in [4.69, 9.17) is 9.47 Å². The van der Waals surface area contributed by atoms with Crippen molar-refractivity contribution in [3.8, 4) is 5.75 Å². The zero-order chi connectivity index (χ0) is 16.7. The molecule has 0 aliphatic heterocycles. The van der Waals surface area contributed by atoms with E-state index in [-0.39, 0.29) is 4.90 Å². The minimum absolute atomic E-state index is 0.187. The van der Waals surface area contributed by atoms with Crippen LogP contribution in [-0.4, -0.2) is 21.6 Å². The lowest BCUT2D eigenvalue weighted by Gasteiger charge is -2.13.